The van der Waals surface area contributed by atoms with Crippen LogP contribution in [0.3, 0.4) is 0 Å². The maximum absolute atomic E-state index is 5.42. The summed E-state index contributed by atoms with van der Waals surface area (Å²) in [5.74, 6) is 7.14. The summed E-state index contributed by atoms with van der Waals surface area (Å²) >= 11 is 0. The van der Waals surface area contributed by atoms with Crippen LogP contribution in [-0.2, 0) is 0 Å². The molecule has 0 spiro atoms. The lowest BCUT2D eigenvalue weighted by Gasteiger charge is -2.26. The van der Waals surface area contributed by atoms with E-state index in [1.807, 2.05) is 0 Å². The normalized spacial score (nSPS) is 15.4. The number of aromatic nitrogens is 3. The fourth-order valence-electron chi connectivity index (χ4n) is 2.12. The molecule has 0 atom stereocenters. The van der Waals surface area contributed by atoms with Gasteiger partial charge in [-0.1, -0.05) is 13.3 Å². The van der Waals surface area contributed by atoms with E-state index in [9.17, 15) is 0 Å². The Kier molecular flexibility index (Phi) is 5.14. The Bertz CT molecular complexity index is 390. The molecule has 1 aliphatic rings. The quantitative estimate of drug-likeness (QED) is 0.406. The van der Waals surface area contributed by atoms with Gasteiger partial charge in [0.25, 0.3) is 0 Å². The molecular formula is C12H23N7. The predicted molar refractivity (Wildman–Crippen MR) is 77.1 cm³/mol. The summed E-state index contributed by atoms with van der Waals surface area (Å²) < 4.78 is 0. The van der Waals surface area contributed by atoms with Gasteiger partial charge in [0.2, 0.25) is 17.8 Å². The van der Waals surface area contributed by atoms with Crippen molar-refractivity contribution in [3.63, 3.8) is 0 Å². The number of unbranched alkanes of at least 4 members (excludes halogenated alkanes) is 1. The zero-order chi connectivity index (χ0) is 13.5. The van der Waals surface area contributed by atoms with E-state index in [1.54, 1.807) is 0 Å². The van der Waals surface area contributed by atoms with Crippen molar-refractivity contribution in [3.05, 3.63) is 0 Å². The van der Waals surface area contributed by atoms with E-state index in [4.69, 9.17) is 5.84 Å². The monoisotopic (exact) mass is 265 g/mol. The smallest absolute Gasteiger partial charge is 0.243 e. The summed E-state index contributed by atoms with van der Waals surface area (Å²) in [5, 5.41) is 3.22. The Morgan fingerprint density at radius 1 is 1.11 bits per heavy atom. The minimum Gasteiger partial charge on any atom is -0.354 e. The fraction of sp³-hybridized carbons (Fsp3) is 0.750. The van der Waals surface area contributed by atoms with Gasteiger partial charge in [0.05, 0.1) is 0 Å². The van der Waals surface area contributed by atoms with E-state index >= 15 is 0 Å². The Morgan fingerprint density at radius 2 is 1.84 bits per heavy atom. The summed E-state index contributed by atoms with van der Waals surface area (Å²) in [6.45, 7) is 5.02. The van der Waals surface area contributed by atoms with Crippen LogP contribution in [0.15, 0.2) is 0 Å². The summed E-state index contributed by atoms with van der Waals surface area (Å²) in [4.78, 5) is 15.2. The standard InChI is InChI=1S/C12H23N7/c1-2-3-7-14-10-15-11(18-13)17-12(16-10)19-8-5-4-6-9-19/h2-9,13H2,1H3,(H2,14,15,16,17,18). The number of hydrazine groups is 1. The van der Waals surface area contributed by atoms with Crippen LogP contribution in [0.5, 0.6) is 0 Å². The lowest BCUT2D eigenvalue weighted by atomic mass is 10.1. The second kappa shape index (κ2) is 7.08. The highest BCUT2D eigenvalue weighted by atomic mass is 15.4. The largest absolute Gasteiger partial charge is 0.354 e. The van der Waals surface area contributed by atoms with Crippen LogP contribution >= 0.6 is 0 Å². The highest BCUT2D eigenvalue weighted by molar-refractivity contribution is 5.43. The molecule has 1 fully saturated rings. The van der Waals surface area contributed by atoms with Gasteiger partial charge < -0.3 is 10.2 Å². The van der Waals surface area contributed by atoms with Gasteiger partial charge in [-0.15, -0.1) is 0 Å². The summed E-state index contributed by atoms with van der Waals surface area (Å²) in [6.07, 6.45) is 5.89. The fourth-order valence-corrected chi connectivity index (χ4v) is 2.12. The molecule has 1 aliphatic heterocycles. The third kappa shape index (κ3) is 3.92. The van der Waals surface area contributed by atoms with Crippen LogP contribution in [0.1, 0.15) is 39.0 Å². The SMILES string of the molecule is CCCCNc1nc(NN)nc(N2CCCCC2)n1. The van der Waals surface area contributed by atoms with E-state index < -0.39 is 0 Å². The van der Waals surface area contributed by atoms with Gasteiger partial charge in [0.1, 0.15) is 0 Å². The van der Waals surface area contributed by atoms with Crippen molar-refractivity contribution < 1.29 is 0 Å². The molecule has 1 aromatic rings. The average molecular weight is 265 g/mol. The average Bonchev–Trinajstić information content (AvgIpc) is 2.48. The van der Waals surface area contributed by atoms with Gasteiger partial charge >= 0.3 is 0 Å². The van der Waals surface area contributed by atoms with Crippen molar-refractivity contribution in [2.75, 3.05) is 35.3 Å². The number of nitrogen functional groups attached to an aromatic ring is 1. The molecule has 1 aromatic heterocycles. The molecule has 0 unspecified atom stereocenters. The van der Waals surface area contributed by atoms with E-state index in [0.717, 1.165) is 32.5 Å². The first-order valence-electron chi connectivity index (χ1n) is 7.05. The number of piperidine rings is 1. The first-order chi connectivity index (χ1) is 9.33. The molecule has 0 aromatic carbocycles. The number of hydrogen-bond donors (Lipinski definition) is 3. The molecule has 4 N–H and O–H groups in total. The number of anilines is 3. The minimum absolute atomic E-state index is 0.412. The van der Waals surface area contributed by atoms with Gasteiger partial charge in [-0.05, 0) is 25.7 Å². The lowest BCUT2D eigenvalue weighted by Crippen LogP contribution is -2.31. The Hall–Kier alpha value is -1.63. The van der Waals surface area contributed by atoms with Crippen molar-refractivity contribution in [2.45, 2.75) is 39.0 Å². The number of nitrogens with one attached hydrogen (secondary N) is 2. The van der Waals surface area contributed by atoms with Crippen LogP contribution in [0.2, 0.25) is 0 Å². The number of nitrogens with two attached hydrogens (primary N) is 1. The molecule has 0 saturated carbocycles. The van der Waals surface area contributed by atoms with E-state index in [1.165, 1.54) is 19.3 Å². The first-order valence-corrected chi connectivity index (χ1v) is 7.05. The number of nitrogens with zero attached hydrogens (tertiary/aromatic N) is 4. The second-order valence-electron chi connectivity index (χ2n) is 4.75. The van der Waals surface area contributed by atoms with E-state index in [0.29, 0.717) is 17.8 Å². The van der Waals surface area contributed by atoms with Crippen molar-refractivity contribution in [1.29, 1.82) is 0 Å². The molecular weight excluding hydrogens is 242 g/mol. The molecule has 19 heavy (non-hydrogen) atoms. The molecule has 0 amide bonds. The zero-order valence-electron chi connectivity index (χ0n) is 11.5. The van der Waals surface area contributed by atoms with Crippen molar-refractivity contribution >= 4 is 17.8 Å². The Labute approximate surface area is 114 Å². The molecule has 2 rings (SSSR count). The second-order valence-corrected chi connectivity index (χ2v) is 4.75. The van der Waals surface area contributed by atoms with Crippen molar-refractivity contribution in [3.8, 4) is 0 Å². The van der Waals surface area contributed by atoms with Crippen LogP contribution in [0, 0.1) is 0 Å². The molecule has 7 nitrogen and oxygen atoms in total. The van der Waals surface area contributed by atoms with E-state index in [-0.39, 0.29) is 0 Å². The molecule has 106 valence electrons. The van der Waals surface area contributed by atoms with Gasteiger partial charge in [-0.2, -0.15) is 15.0 Å². The Balaban J connectivity index is 2.10. The van der Waals surface area contributed by atoms with Crippen LogP contribution in [0.4, 0.5) is 17.8 Å². The van der Waals surface area contributed by atoms with Gasteiger partial charge in [0.15, 0.2) is 0 Å². The molecule has 2 heterocycles. The van der Waals surface area contributed by atoms with Crippen molar-refractivity contribution in [1.82, 2.24) is 15.0 Å². The molecule has 0 radical (unpaired) electrons. The predicted octanol–water partition coefficient (Wildman–Crippen LogP) is 1.36. The van der Waals surface area contributed by atoms with E-state index in [2.05, 4.69) is 37.5 Å². The molecule has 1 saturated heterocycles. The highest BCUT2D eigenvalue weighted by Crippen LogP contribution is 2.18. The van der Waals surface area contributed by atoms with Gasteiger partial charge in [0, 0.05) is 19.6 Å². The molecule has 7 heteroatoms. The number of rotatable bonds is 6. The third-order valence-electron chi connectivity index (χ3n) is 3.21. The third-order valence-corrected chi connectivity index (χ3v) is 3.21. The Morgan fingerprint density at radius 3 is 2.53 bits per heavy atom. The van der Waals surface area contributed by atoms with Gasteiger partial charge in [-0.3, -0.25) is 5.43 Å². The van der Waals surface area contributed by atoms with Crippen LogP contribution in [-0.4, -0.2) is 34.6 Å². The molecule has 0 aliphatic carbocycles. The maximum atomic E-state index is 5.42. The lowest BCUT2D eigenvalue weighted by molar-refractivity contribution is 0.567. The van der Waals surface area contributed by atoms with Gasteiger partial charge in [-0.25, -0.2) is 5.84 Å². The van der Waals surface area contributed by atoms with Crippen LogP contribution < -0.4 is 21.5 Å². The highest BCUT2D eigenvalue weighted by Gasteiger charge is 2.15. The topological polar surface area (TPSA) is 92.0 Å². The van der Waals surface area contributed by atoms with Crippen LogP contribution in [0.25, 0.3) is 0 Å². The van der Waals surface area contributed by atoms with Crippen molar-refractivity contribution in [2.24, 2.45) is 5.84 Å². The first kappa shape index (κ1) is 13.8. The summed E-state index contributed by atoms with van der Waals surface area (Å²) in [6, 6.07) is 0. The number of hydrogen-bond acceptors (Lipinski definition) is 7. The summed E-state index contributed by atoms with van der Waals surface area (Å²) in [7, 11) is 0. The maximum Gasteiger partial charge on any atom is 0.243 e. The molecule has 0 bridgehead atoms. The zero-order valence-corrected chi connectivity index (χ0v) is 11.5. The summed E-state index contributed by atoms with van der Waals surface area (Å²) in [5.41, 5.74) is 2.51. The minimum atomic E-state index is 0.412.